The lowest BCUT2D eigenvalue weighted by Crippen LogP contribution is -2.37. The molecule has 1 atom stereocenters. The summed E-state index contributed by atoms with van der Waals surface area (Å²) in [6.45, 7) is 9.54. The first-order valence-corrected chi connectivity index (χ1v) is 11.5. The van der Waals surface area contributed by atoms with Gasteiger partial charge >= 0.3 is 0 Å². The van der Waals surface area contributed by atoms with Gasteiger partial charge in [-0.05, 0) is 56.2 Å². The number of hydrogen-bond acceptors (Lipinski definition) is 5. The first kappa shape index (κ1) is 24.8. The maximum atomic E-state index is 12.3. The van der Waals surface area contributed by atoms with Crippen molar-refractivity contribution in [1.29, 1.82) is 0 Å². The van der Waals surface area contributed by atoms with E-state index in [1.165, 1.54) is 12.1 Å². The Hall–Kier alpha value is -3.81. The molecule has 3 aromatic heterocycles. The van der Waals surface area contributed by atoms with Crippen LogP contribution in [0.5, 0.6) is 0 Å². The number of amides is 1. The number of nitrogens with one attached hydrogen (secondary N) is 1. The first-order chi connectivity index (χ1) is 16.5. The second-order valence-corrected chi connectivity index (χ2v) is 7.78. The minimum atomic E-state index is -0.178. The molecule has 0 bridgehead atoms. The Morgan fingerprint density at radius 3 is 2.41 bits per heavy atom. The Kier molecular flexibility index (Phi) is 8.67. The van der Waals surface area contributed by atoms with Crippen LogP contribution in [0, 0.1) is 19.7 Å². The lowest BCUT2D eigenvalue weighted by atomic mass is 10.2. The number of imidazole rings is 1. The summed E-state index contributed by atoms with van der Waals surface area (Å²) in [5, 5.41) is 7.72. The second-order valence-electron chi connectivity index (χ2n) is 7.78. The molecular weight excluding hydrogens is 431 g/mol. The summed E-state index contributed by atoms with van der Waals surface area (Å²) in [6.07, 6.45) is 4.41. The minimum absolute atomic E-state index is 0.0944. The van der Waals surface area contributed by atoms with Crippen LogP contribution in [0.2, 0.25) is 0 Å². The molecule has 1 amide bonds. The molecule has 34 heavy (non-hydrogen) atoms. The summed E-state index contributed by atoms with van der Waals surface area (Å²) < 4.78 is 13.8. The van der Waals surface area contributed by atoms with Crippen LogP contribution in [-0.2, 0) is 0 Å². The zero-order valence-corrected chi connectivity index (χ0v) is 20.1. The van der Waals surface area contributed by atoms with Crippen LogP contribution in [0.1, 0.15) is 42.0 Å². The van der Waals surface area contributed by atoms with Crippen LogP contribution in [0.25, 0.3) is 5.65 Å². The van der Waals surface area contributed by atoms with Crippen molar-refractivity contribution in [2.45, 2.75) is 40.2 Å². The molecule has 1 fully saturated rings. The van der Waals surface area contributed by atoms with Gasteiger partial charge in [0, 0.05) is 25.3 Å². The number of carbonyl (C=O) groups excluding carboxylic acids is 1. The van der Waals surface area contributed by atoms with E-state index in [2.05, 4.69) is 25.3 Å². The van der Waals surface area contributed by atoms with Gasteiger partial charge in [-0.15, -0.1) is 5.10 Å². The van der Waals surface area contributed by atoms with E-state index in [-0.39, 0.29) is 17.8 Å². The molecule has 7 nitrogen and oxygen atoms in total. The average Bonchev–Trinajstić information content (AvgIpc) is 3.48. The SMILES string of the molecule is CC.Cc1ccc(C(=O)N[C@H]2CCN(c3ccc4ncc(C)n4n3)C2)nc1.Fc1ccccc1. The largest absolute Gasteiger partial charge is 0.353 e. The Morgan fingerprint density at radius 1 is 1.00 bits per heavy atom. The quantitative estimate of drug-likeness (QED) is 0.482. The van der Waals surface area contributed by atoms with E-state index in [0.29, 0.717) is 5.69 Å². The van der Waals surface area contributed by atoms with Crippen molar-refractivity contribution in [3.05, 3.63) is 89.8 Å². The van der Waals surface area contributed by atoms with Crippen molar-refractivity contribution in [3.8, 4) is 0 Å². The van der Waals surface area contributed by atoms with Gasteiger partial charge in [-0.1, -0.05) is 38.1 Å². The lowest BCUT2D eigenvalue weighted by molar-refractivity contribution is 0.0935. The molecule has 178 valence electrons. The summed E-state index contributed by atoms with van der Waals surface area (Å²) >= 11 is 0. The fourth-order valence-corrected chi connectivity index (χ4v) is 3.51. The van der Waals surface area contributed by atoms with E-state index < -0.39 is 0 Å². The number of pyridine rings is 1. The van der Waals surface area contributed by atoms with Gasteiger partial charge in [-0.2, -0.15) is 0 Å². The fraction of sp³-hybridized carbons (Fsp3) is 0.308. The predicted molar refractivity (Wildman–Crippen MR) is 133 cm³/mol. The Balaban J connectivity index is 0.000000306. The summed E-state index contributed by atoms with van der Waals surface area (Å²) in [5.74, 6) is 0.599. The number of nitrogens with zero attached hydrogens (tertiary/aromatic N) is 5. The number of aryl methyl sites for hydroxylation is 2. The molecule has 4 heterocycles. The maximum absolute atomic E-state index is 12.3. The molecule has 1 N–H and O–H groups in total. The highest BCUT2D eigenvalue weighted by Gasteiger charge is 2.26. The van der Waals surface area contributed by atoms with Crippen LogP contribution >= 0.6 is 0 Å². The van der Waals surface area contributed by atoms with Gasteiger partial charge in [0.15, 0.2) is 5.65 Å². The van der Waals surface area contributed by atoms with Gasteiger partial charge in [0.05, 0.1) is 11.9 Å². The van der Waals surface area contributed by atoms with Crippen molar-refractivity contribution >= 4 is 17.4 Å². The van der Waals surface area contributed by atoms with Crippen LogP contribution in [0.15, 0.2) is 67.0 Å². The molecule has 0 aliphatic carbocycles. The van der Waals surface area contributed by atoms with Gasteiger partial charge in [-0.3, -0.25) is 9.78 Å². The molecular formula is C26H31FN6O. The normalized spacial score (nSPS) is 14.6. The molecule has 1 aromatic carbocycles. The third-order valence-electron chi connectivity index (χ3n) is 5.24. The zero-order valence-electron chi connectivity index (χ0n) is 20.1. The Labute approximate surface area is 199 Å². The average molecular weight is 463 g/mol. The van der Waals surface area contributed by atoms with E-state index >= 15 is 0 Å². The minimum Gasteiger partial charge on any atom is -0.353 e. The van der Waals surface area contributed by atoms with Gasteiger partial charge in [0.1, 0.15) is 17.3 Å². The number of fused-ring (bicyclic) bond motifs is 1. The molecule has 0 saturated carbocycles. The first-order valence-electron chi connectivity index (χ1n) is 11.5. The summed E-state index contributed by atoms with van der Waals surface area (Å²) in [4.78, 5) is 23.0. The van der Waals surface area contributed by atoms with E-state index in [1.807, 2.05) is 56.6 Å². The third kappa shape index (κ3) is 6.37. The van der Waals surface area contributed by atoms with Gasteiger partial charge < -0.3 is 10.2 Å². The monoisotopic (exact) mass is 462 g/mol. The Morgan fingerprint density at radius 2 is 1.76 bits per heavy atom. The standard InChI is InChI=1S/C18H20N6O.C6H5F.C2H6/c1-12-3-4-15(19-9-12)18(25)21-14-7-8-23(11-14)17-6-5-16-20-10-13(2)24(16)22-17;7-6-4-2-1-3-5-6;1-2/h3-6,9-10,14H,7-8,11H2,1-2H3,(H,21,25);1-5H;1-2H3/t14-;;/m0../s1. The third-order valence-corrected chi connectivity index (χ3v) is 5.24. The van der Waals surface area contributed by atoms with Crippen molar-refractivity contribution < 1.29 is 9.18 Å². The lowest BCUT2D eigenvalue weighted by Gasteiger charge is -2.18. The summed E-state index contributed by atoms with van der Waals surface area (Å²) in [7, 11) is 0. The zero-order chi connectivity index (χ0) is 24.5. The van der Waals surface area contributed by atoms with Crippen LogP contribution < -0.4 is 10.2 Å². The van der Waals surface area contributed by atoms with Crippen molar-refractivity contribution in [2.75, 3.05) is 18.0 Å². The highest BCUT2D eigenvalue weighted by Crippen LogP contribution is 2.19. The number of anilines is 1. The number of benzene rings is 1. The second kappa shape index (κ2) is 11.9. The van der Waals surface area contributed by atoms with Crippen molar-refractivity contribution in [3.63, 3.8) is 0 Å². The highest BCUT2D eigenvalue weighted by atomic mass is 19.1. The number of rotatable bonds is 3. The topological polar surface area (TPSA) is 75.4 Å². The molecule has 0 unspecified atom stereocenters. The van der Waals surface area contributed by atoms with E-state index in [9.17, 15) is 9.18 Å². The fourth-order valence-electron chi connectivity index (χ4n) is 3.51. The van der Waals surface area contributed by atoms with E-state index in [4.69, 9.17) is 0 Å². The molecule has 5 rings (SSSR count). The van der Waals surface area contributed by atoms with Crippen molar-refractivity contribution in [1.82, 2.24) is 24.9 Å². The van der Waals surface area contributed by atoms with E-state index in [1.54, 1.807) is 30.5 Å². The van der Waals surface area contributed by atoms with Crippen LogP contribution in [0.4, 0.5) is 10.2 Å². The smallest absolute Gasteiger partial charge is 0.270 e. The van der Waals surface area contributed by atoms with Gasteiger partial charge in [0.2, 0.25) is 0 Å². The molecule has 4 aromatic rings. The molecule has 1 aliphatic heterocycles. The molecule has 0 spiro atoms. The molecule has 1 saturated heterocycles. The molecule has 1 aliphatic rings. The number of halogens is 1. The van der Waals surface area contributed by atoms with Crippen molar-refractivity contribution in [2.24, 2.45) is 0 Å². The summed E-state index contributed by atoms with van der Waals surface area (Å²) in [5.41, 5.74) is 3.35. The predicted octanol–water partition coefficient (Wildman–Crippen LogP) is 4.60. The van der Waals surface area contributed by atoms with Gasteiger partial charge in [0.25, 0.3) is 5.91 Å². The highest BCUT2D eigenvalue weighted by molar-refractivity contribution is 5.92. The molecule has 8 heteroatoms. The Bertz CT molecular complexity index is 1190. The van der Waals surface area contributed by atoms with Crippen LogP contribution in [-0.4, -0.2) is 44.6 Å². The number of aromatic nitrogens is 4. The summed E-state index contributed by atoms with van der Waals surface area (Å²) in [6, 6.07) is 15.6. The maximum Gasteiger partial charge on any atom is 0.270 e. The number of carbonyl (C=O) groups is 1. The van der Waals surface area contributed by atoms with Gasteiger partial charge in [-0.25, -0.2) is 13.9 Å². The van der Waals surface area contributed by atoms with Crippen LogP contribution in [0.3, 0.4) is 0 Å². The number of hydrogen-bond donors (Lipinski definition) is 1. The molecule has 0 radical (unpaired) electrons. The van der Waals surface area contributed by atoms with E-state index in [0.717, 1.165) is 42.2 Å².